The lowest BCUT2D eigenvalue weighted by molar-refractivity contribution is 0.248. The molecule has 3 aromatic rings. The Labute approximate surface area is 198 Å². The van der Waals surface area contributed by atoms with Crippen LogP contribution in [-0.4, -0.2) is 22.3 Å². The Kier molecular flexibility index (Phi) is 8.38. The Bertz CT molecular complexity index is 1160. The number of hydrogen-bond donors (Lipinski definition) is 3. The van der Waals surface area contributed by atoms with E-state index in [0.717, 1.165) is 23.3 Å². The van der Waals surface area contributed by atoms with Gasteiger partial charge in [0.15, 0.2) is 5.69 Å². The molecule has 0 fully saturated rings. The molecular formula is C25H28ClN3O4. The van der Waals surface area contributed by atoms with Crippen molar-refractivity contribution in [2.75, 3.05) is 11.9 Å². The lowest BCUT2D eigenvalue weighted by atomic mass is 10.0. The Hall–Kier alpha value is -3.45. The maximum atomic E-state index is 12.9. The van der Waals surface area contributed by atoms with E-state index in [1.165, 1.54) is 16.8 Å². The first-order valence-corrected chi connectivity index (χ1v) is 11.3. The SMILES string of the molecule is CCCOc1cccc([C@H](CC)NC(=O)Nc2c(O)ccn(Cc3ccccc3Cl)c2=O)c1. The third-order valence-electron chi connectivity index (χ3n) is 5.13. The first-order valence-electron chi connectivity index (χ1n) is 10.9. The molecule has 0 aliphatic carbocycles. The summed E-state index contributed by atoms with van der Waals surface area (Å²) in [6.45, 7) is 4.80. The molecule has 33 heavy (non-hydrogen) atoms. The van der Waals surface area contributed by atoms with Crippen LogP contribution in [0.25, 0.3) is 0 Å². The van der Waals surface area contributed by atoms with Crippen molar-refractivity contribution in [1.29, 1.82) is 0 Å². The summed E-state index contributed by atoms with van der Waals surface area (Å²) < 4.78 is 7.06. The average Bonchev–Trinajstić information content (AvgIpc) is 2.82. The van der Waals surface area contributed by atoms with Crippen molar-refractivity contribution in [3.63, 3.8) is 0 Å². The molecule has 1 aromatic heterocycles. The van der Waals surface area contributed by atoms with Crippen molar-refractivity contribution in [2.24, 2.45) is 0 Å². The topological polar surface area (TPSA) is 92.6 Å². The molecule has 1 heterocycles. The van der Waals surface area contributed by atoms with Gasteiger partial charge in [-0.05, 0) is 48.2 Å². The molecule has 7 nitrogen and oxygen atoms in total. The van der Waals surface area contributed by atoms with Crippen LogP contribution < -0.4 is 20.9 Å². The number of aromatic nitrogens is 1. The smallest absolute Gasteiger partial charge is 0.319 e. The van der Waals surface area contributed by atoms with Crippen molar-refractivity contribution in [3.8, 4) is 11.5 Å². The fourth-order valence-corrected chi connectivity index (χ4v) is 3.58. The van der Waals surface area contributed by atoms with E-state index in [0.29, 0.717) is 18.1 Å². The van der Waals surface area contributed by atoms with E-state index in [1.807, 2.05) is 50.2 Å². The third kappa shape index (κ3) is 6.29. The molecule has 8 heteroatoms. The van der Waals surface area contributed by atoms with Crippen molar-refractivity contribution in [1.82, 2.24) is 9.88 Å². The molecule has 0 aliphatic rings. The zero-order valence-corrected chi connectivity index (χ0v) is 19.4. The van der Waals surface area contributed by atoms with Crippen molar-refractivity contribution in [3.05, 3.63) is 87.3 Å². The zero-order chi connectivity index (χ0) is 23.8. The summed E-state index contributed by atoms with van der Waals surface area (Å²) in [5.74, 6) is 0.423. The summed E-state index contributed by atoms with van der Waals surface area (Å²) in [6, 6.07) is 15.2. The van der Waals surface area contributed by atoms with Gasteiger partial charge in [-0.1, -0.05) is 55.8 Å². The summed E-state index contributed by atoms with van der Waals surface area (Å²) in [5, 5.41) is 16.1. The minimum Gasteiger partial charge on any atom is -0.505 e. The number of rotatable bonds is 9. The molecule has 0 unspecified atom stereocenters. The van der Waals surface area contributed by atoms with Crippen molar-refractivity contribution >= 4 is 23.3 Å². The minimum absolute atomic E-state index is 0.197. The highest BCUT2D eigenvalue weighted by molar-refractivity contribution is 6.31. The van der Waals surface area contributed by atoms with Gasteiger partial charge in [0.25, 0.3) is 5.56 Å². The first kappa shape index (κ1) is 24.2. The van der Waals surface area contributed by atoms with Gasteiger partial charge in [0, 0.05) is 11.2 Å². The van der Waals surface area contributed by atoms with Crippen LogP contribution >= 0.6 is 11.6 Å². The summed E-state index contributed by atoms with van der Waals surface area (Å²) >= 11 is 6.20. The van der Waals surface area contributed by atoms with Crippen LogP contribution in [0.3, 0.4) is 0 Å². The molecule has 3 N–H and O–H groups in total. The van der Waals surface area contributed by atoms with E-state index in [1.54, 1.807) is 12.1 Å². The predicted molar refractivity (Wildman–Crippen MR) is 130 cm³/mol. The van der Waals surface area contributed by atoms with E-state index >= 15 is 0 Å². The monoisotopic (exact) mass is 469 g/mol. The van der Waals surface area contributed by atoms with Crippen LogP contribution in [0.2, 0.25) is 5.02 Å². The van der Waals surface area contributed by atoms with E-state index in [-0.39, 0.29) is 24.0 Å². The van der Waals surface area contributed by atoms with Gasteiger partial charge in [0.1, 0.15) is 11.5 Å². The molecule has 1 atom stereocenters. The lowest BCUT2D eigenvalue weighted by Gasteiger charge is -2.19. The second kappa shape index (κ2) is 11.4. The van der Waals surface area contributed by atoms with Gasteiger partial charge in [-0.2, -0.15) is 0 Å². The van der Waals surface area contributed by atoms with E-state index < -0.39 is 11.6 Å². The normalized spacial score (nSPS) is 11.6. The van der Waals surface area contributed by atoms with Crippen LogP contribution in [-0.2, 0) is 6.54 Å². The number of nitrogens with zero attached hydrogens (tertiary/aromatic N) is 1. The third-order valence-corrected chi connectivity index (χ3v) is 5.50. The second-order valence-corrected chi connectivity index (χ2v) is 7.99. The highest BCUT2D eigenvalue weighted by Gasteiger charge is 2.17. The molecule has 0 spiro atoms. The Morgan fingerprint density at radius 3 is 2.67 bits per heavy atom. The van der Waals surface area contributed by atoms with Crippen LogP contribution in [0.15, 0.2) is 65.6 Å². The molecule has 3 rings (SSSR count). The predicted octanol–water partition coefficient (Wildman–Crippen LogP) is 5.32. The Morgan fingerprint density at radius 2 is 1.94 bits per heavy atom. The molecule has 0 bridgehead atoms. The number of halogens is 1. The maximum absolute atomic E-state index is 12.9. The molecular weight excluding hydrogens is 442 g/mol. The zero-order valence-electron chi connectivity index (χ0n) is 18.7. The summed E-state index contributed by atoms with van der Waals surface area (Å²) in [7, 11) is 0. The molecule has 2 aromatic carbocycles. The average molecular weight is 470 g/mol. The van der Waals surface area contributed by atoms with Gasteiger partial charge in [-0.15, -0.1) is 0 Å². The molecule has 0 saturated carbocycles. The first-order chi connectivity index (χ1) is 15.9. The number of carbonyl (C=O) groups excluding carboxylic acids is 1. The highest BCUT2D eigenvalue weighted by Crippen LogP contribution is 2.23. The van der Waals surface area contributed by atoms with Crippen molar-refractivity contribution in [2.45, 2.75) is 39.3 Å². The largest absolute Gasteiger partial charge is 0.505 e. The number of aromatic hydroxyl groups is 1. The summed E-state index contributed by atoms with van der Waals surface area (Å²) in [4.78, 5) is 25.6. The number of ether oxygens (including phenoxy) is 1. The van der Waals surface area contributed by atoms with E-state index in [9.17, 15) is 14.7 Å². The van der Waals surface area contributed by atoms with Gasteiger partial charge in [-0.25, -0.2) is 4.79 Å². The van der Waals surface area contributed by atoms with E-state index in [2.05, 4.69) is 10.6 Å². The number of hydrogen-bond acceptors (Lipinski definition) is 4. The number of benzene rings is 2. The Balaban J connectivity index is 1.75. The standard InChI is InChI=1S/C25H28ClN3O4/c1-3-14-33-19-10-7-9-17(15-19)21(4-2)27-25(32)28-23-22(30)12-13-29(24(23)31)16-18-8-5-6-11-20(18)26/h5-13,15,21,30H,3-4,14,16H2,1-2H3,(H2,27,28,32)/t21-/m0/s1. The molecule has 0 saturated heterocycles. The summed E-state index contributed by atoms with van der Waals surface area (Å²) in [6.07, 6.45) is 2.99. The van der Waals surface area contributed by atoms with Gasteiger partial charge < -0.3 is 25.0 Å². The van der Waals surface area contributed by atoms with Crippen LogP contribution in [0.5, 0.6) is 11.5 Å². The fraction of sp³-hybridized carbons (Fsp3) is 0.280. The molecule has 0 aliphatic heterocycles. The number of anilines is 1. The molecule has 0 radical (unpaired) electrons. The van der Waals surface area contributed by atoms with Gasteiger partial charge in [0.2, 0.25) is 0 Å². The Morgan fingerprint density at radius 1 is 1.15 bits per heavy atom. The van der Waals surface area contributed by atoms with E-state index in [4.69, 9.17) is 16.3 Å². The molecule has 174 valence electrons. The van der Waals surface area contributed by atoms with Gasteiger partial charge >= 0.3 is 6.03 Å². The van der Waals surface area contributed by atoms with Crippen molar-refractivity contribution < 1.29 is 14.6 Å². The van der Waals surface area contributed by atoms with Crippen LogP contribution in [0.4, 0.5) is 10.5 Å². The number of urea groups is 1. The molecule has 2 amide bonds. The number of pyridine rings is 1. The quantitative estimate of drug-likeness (QED) is 0.395. The number of carbonyl (C=O) groups is 1. The van der Waals surface area contributed by atoms with Crippen LogP contribution in [0, 0.1) is 0 Å². The summed E-state index contributed by atoms with van der Waals surface area (Å²) in [5.41, 5.74) is 0.901. The second-order valence-electron chi connectivity index (χ2n) is 7.58. The fourth-order valence-electron chi connectivity index (χ4n) is 3.39. The lowest BCUT2D eigenvalue weighted by Crippen LogP contribution is -2.35. The number of nitrogens with one attached hydrogen (secondary N) is 2. The number of amides is 2. The minimum atomic E-state index is -0.593. The maximum Gasteiger partial charge on any atom is 0.319 e. The van der Waals surface area contributed by atoms with Gasteiger partial charge in [0.05, 0.1) is 19.2 Å². The van der Waals surface area contributed by atoms with Gasteiger partial charge in [-0.3, -0.25) is 4.79 Å². The van der Waals surface area contributed by atoms with Crippen LogP contribution in [0.1, 0.15) is 43.9 Å². The highest BCUT2D eigenvalue weighted by atomic mass is 35.5.